The smallest absolute Gasteiger partial charge is 0.264 e. The first-order valence-electron chi connectivity index (χ1n) is 6.83. The molecule has 6 heteroatoms. The topological polar surface area (TPSA) is 55.1 Å². The monoisotopic (exact) mass is 388 g/mol. The number of para-hydroxylation sites is 2. The Morgan fingerprint density at radius 1 is 1.08 bits per heavy atom. The first-order chi connectivity index (χ1) is 10.7. The Kier molecular flexibility index (Phi) is 5.21. The third kappa shape index (κ3) is 2.66. The van der Waals surface area contributed by atoms with Gasteiger partial charge in [-0.2, -0.15) is 0 Å². The van der Waals surface area contributed by atoms with Crippen molar-refractivity contribution in [2.75, 3.05) is 0 Å². The summed E-state index contributed by atoms with van der Waals surface area (Å²) in [6.07, 6.45) is 0. The number of fused-ring (bicyclic) bond motifs is 2. The molecule has 0 aliphatic carbocycles. The maximum Gasteiger partial charge on any atom is 0.264 e. The molecule has 4 rings (SSSR count). The third-order valence-corrected chi connectivity index (χ3v) is 4.84. The maximum atomic E-state index is 12.7. The van der Waals surface area contributed by atoms with E-state index in [2.05, 4.69) is 4.98 Å². The minimum atomic E-state index is -0.241. The molecule has 0 saturated heterocycles. The van der Waals surface area contributed by atoms with Crippen LogP contribution in [-0.2, 0) is 26.5 Å². The summed E-state index contributed by atoms with van der Waals surface area (Å²) in [5.41, 5.74) is 1.56. The van der Waals surface area contributed by atoms with E-state index < -0.39 is 0 Å². The summed E-state index contributed by atoms with van der Waals surface area (Å²) < 4.78 is 2.54. The van der Waals surface area contributed by atoms with Crippen LogP contribution in [0.5, 0.6) is 5.75 Å². The van der Waals surface area contributed by atoms with Crippen molar-refractivity contribution >= 4 is 32.5 Å². The number of benzene rings is 2. The average molecular weight is 390 g/mol. The molecule has 24 heavy (non-hydrogen) atoms. The van der Waals surface area contributed by atoms with Crippen LogP contribution in [0.15, 0.2) is 53.3 Å². The predicted molar refractivity (Wildman–Crippen MR) is 96.2 cm³/mol. The molecule has 0 bridgehead atoms. The van der Waals surface area contributed by atoms with Gasteiger partial charge in [-0.05, 0) is 24.3 Å². The van der Waals surface area contributed by atoms with Crippen molar-refractivity contribution in [3.8, 4) is 16.3 Å². The van der Waals surface area contributed by atoms with Crippen LogP contribution in [0.25, 0.3) is 31.7 Å². The van der Waals surface area contributed by atoms with Crippen LogP contribution in [-0.4, -0.2) is 14.7 Å². The van der Waals surface area contributed by atoms with E-state index in [-0.39, 0.29) is 43.8 Å². The molecule has 0 aliphatic rings. The summed E-state index contributed by atoms with van der Waals surface area (Å²) >= 11 is 1.41. The molecule has 1 N–H and O–H groups in total. The van der Waals surface area contributed by atoms with E-state index in [4.69, 9.17) is 0 Å². The zero-order valence-electron chi connectivity index (χ0n) is 12.5. The Hall–Kier alpha value is -2.04. The molecule has 0 atom stereocenters. The molecule has 2 aromatic heterocycles. The Bertz CT molecular complexity index is 1050. The molecule has 0 amide bonds. The van der Waals surface area contributed by atoms with Crippen LogP contribution < -0.4 is 5.56 Å². The Labute approximate surface area is 156 Å². The average Bonchev–Trinajstić information content (AvgIpc) is 2.96. The van der Waals surface area contributed by atoms with Crippen molar-refractivity contribution in [2.24, 2.45) is 7.05 Å². The van der Waals surface area contributed by atoms with Gasteiger partial charge >= 0.3 is 0 Å². The number of aromatic hydroxyl groups is 1. The molecule has 2 aromatic carbocycles. The molecule has 0 radical (unpaired) electrons. The van der Waals surface area contributed by atoms with Crippen LogP contribution in [0.2, 0.25) is 0 Å². The van der Waals surface area contributed by atoms with E-state index in [1.165, 1.54) is 11.3 Å². The Morgan fingerprint density at radius 3 is 2.50 bits per heavy atom. The van der Waals surface area contributed by atoms with Gasteiger partial charge in [-0.15, -0.1) is 11.3 Å². The Morgan fingerprint density at radius 2 is 1.75 bits per heavy atom. The van der Waals surface area contributed by atoms with Gasteiger partial charge in [0.05, 0.1) is 15.7 Å². The van der Waals surface area contributed by atoms with Crippen LogP contribution in [0, 0.1) is 0 Å². The first-order valence-corrected chi connectivity index (χ1v) is 7.65. The van der Waals surface area contributed by atoms with E-state index in [1.54, 1.807) is 17.7 Å². The van der Waals surface area contributed by atoms with Crippen molar-refractivity contribution in [3.63, 3.8) is 0 Å². The number of nitrogens with zero attached hydrogens (tertiary/aromatic N) is 2. The van der Waals surface area contributed by atoms with Crippen LogP contribution in [0.1, 0.15) is 7.43 Å². The van der Waals surface area contributed by atoms with Crippen molar-refractivity contribution in [1.29, 1.82) is 0 Å². The van der Waals surface area contributed by atoms with Gasteiger partial charge in [0.15, 0.2) is 0 Å². The zero-order chi connectivity index (χ0) is 15.3. The number of aryl methyl sites for hydroxylation is 1. The van der Waals surface area contributed by atoms with Crippen molar-refractivity contribution in [3.05, 3.63) is 58.9 Å². The molecule has 0 saturated carbocycles. The van der Waals surface area contributed by atoms with E-state index >= 15 is 0 Å². The first kappa shape index (κ1) is 18.3. The van der Waals surface area contributed by atoms with Gasteiger partial charge in [-0.25, -0.2) is 4.98 Å². The summed E-state index contributed by atoms with van der Waals surface area (Å²) in [6, 6.07) is 15.0. The predicted octanol–water partition coefficient (Wildman–Crippen LogP) is 4.15. The van der Waals surface area contributed by atoms with Gasteiger partial charge in [0, 0.05) is 31.9 Å². The molecular weight excluding hydrogens is 374 g/mol. The molecule has 2 heterocycles. The zero-order valence-corrected chi connectivity index (χ0v) is 16.3. The molecule has 0 unspecified atom stereocenters. The third-order valence-electron chi connectivity index (χ3n) is 3.78. The minimum absolute atomic E-state index is 0. The summed E-state index contributed by atoms with van der Waals surface area (Å²) in [5, 5.41) is 11.8. The van der Waals surface area contributed by atoms with Gasteiger partial charge in [0.1, 0.15) is 16.3 Å². The van der Waals surface area contributed by atoms with E-state index in [0.29, 0.717) is 15.9 Å². The van der Waals surface area contributed by atoms with E-state index in [9.17, 15) is 9.90 Å². The van der Waals surface area contributed by atoms with Crippen molar-refractivity contribution in [2.45, 2.75) is 7.43 Å². The number of aromatic nitrogens is 2. The maximum absolute atomic E-state index is 12.7. The van der Waals surface area contributed by atoms with Gasteiger partial charge < -0.3 is 9.67 Å². The summed E-state index contributed by atoms with van der Waals surface area (Å²) in [6.45, 7) is 0. The van der Waals surface area contributed by atoms with Crippen LogP contribution in [0.3, 0.4) is 0 Å². The SMILES string of the molecule is C.Cn1c(=O)c(-c2nc3ccccc3s2)c(O)c2ccccc21.[Zn]. The van der Waals surface area contributed by atoms with Gasteiger partial charge in [-0.1, -0.05) is 31.7 Å². The number of hydrogen-bond acceptors (Lipinski definition) is 4. The normalized spacial score (nSPS) is 10.4. The number of rotatable bonds is 1. The van der Waals surface area contributed by atoms with Gasteiger partial charge in [0.2, 0.25) is 0 Å². The fraction of sp³-hybridized carbons (Fsp3) is 0.111. The standard InChI is InChI=1S/C17H12N2O2S.CH4.Zn/c1-19-12-8-4-2-6-10(12)15(20)14(17(19)21)16-18-11-7-3-5-9-13(11)22-16;;/h2-9,20H,1H3;1H4;. The molecule has 4 nitrogen and oxygen atoms in total. The summed E-state index contributed by atoms with van der Waals surface area (Å²) in [5.74, 6) is -0.00208. The molecule has 0 aliphatic heterocycles. The van der Waals surface area contributed by atoms with Crippen molar-refractivity contribution in [1.82, 2.24) is 9.55 Å². The fourth-order valence-electron chi connectivity index (χ4n) is 2.65. The number of pyridine rings is 1. The molecule has 4 aromatic rings. The van der Waals surface area contributed by atoms with E-state index in [0.717, 1.165) is 10.2 Å². The van der Waals surface area contributed by atoms with E-state index in [1.807, 2.05) is 42.5 Å². The Balaban J connectivity index is 0.00000104. The fourth-order valence-corrected chi connectivity index (χ4v) is 3.65. The number of thiazole rings is 1. The van der Waals surface area contributed by atoms with Gasteiger partial charge in [-0.3, -0.25) is 4.79 Å². The summed E-state index contributed by atoms with van der Waals surface area (Å²) in [7, 11) is 1.71. The second kappa shape index (κ2) is 6.83. The van der Waals surface area contributed by atoms with Crippen LogP contribution >= 0.6 is 11.3 Å². The van der Waals surface area contributed by atoms with Crippen LogP contribution in [0.4, 0.5) is 0 Å². The molecule has 118 valence electrons. The quantitative estimate of drug-likeness (QED) is 0.497. The van der Waals surface area contributed by atoms with Crippen molar-refractivity contribution < 1.29 is 24.6 Å². The minimum Gasteiger partial charge on any atom is -0.506 e. The molecule has 0 spiro atoms. The second-order valence-electron chi connectivity index (χ2n) is 5.09. The summed E-state index contributed by atoms with van der Waals surface area (Å²) in [4.78, 5) is 17.1. The molecular formula is C18H16N2O2SZn. The number of hydrogen-bond donors (Lipinski definition) is 1. The second-order valence-corrected chi connectivity index (χ2v) is 6.12. The molecule has 0 fully saturated rings. The van der Waals surface area contributed by atoms with Gasteiger partial charge in [0.25, 0.3) is 5.56 Å². The largest absolute Gasteiger partial charge is 0.506 e.